The van der Waals surface area contributed by atoms with E-state index in [-0.39, 0.29) is 17.0 Å². The maximum Gasteiger partial charge on any atom is 0.356 e. The van der Waals surface area contributed by atoms with Crippen molar-refractivity contribution in [3.05, 3.63) is 108 Å². The standard InChI is InChI=1S/C27H23N3O4S2/c31-17-29-22-25(32)30-23(20(16-36-26(22)30)15-35-21-11-13-28-14-12-21)27(33)34-24(18-7-3-1-4-8-18)19-9-5-2-6-10-19/h1-14,17,22,24,26H,15-16H2,(H,29,31)/t22-,26-/m1/s1. The predicted molar refractivity (Wildman–Crippen MR) is 139 cm³/mol. The minimum atomic E-state index is -0.649. The third kappa shape index (κ3) is 4.89. The summed E-state index contributed by atoms with van der Waals surface area (Å²) in [6.07, 6.45) is 3.33. The Hall–Kier alpha value is -3.56. The number of amides is 2. The third-order valence-corrected chi connectivity index (χ3v) is 8.42. The van der Waals surface area contributed by atoms with Crippen LogP contribution in [-0.2, 0) is 19.1 Å². The van der Waals surface area contributed by atoms with Gasteiger partial charge in [-0.2, -0.15) is 0 Å². The second-order valence-electron chi connectivity index (χ2n) is 8.20. The summed E-state index contributed by atoms with van der Waals surface area (Å²) in [5.74, 6) is 0.204. The topological polar surface area (TPSA) is 88.6 Å². The molecule has 0 aliphatic carbocycles. The van der Waals surface area contributed by atoms with E-state index >= 15 is 0 Å². The number of nitrogens with one attached hydrogen (secondary N) is 1. The smallest absolute Gasteiger partial charge is 0.356 e. The number of β-lactam (4-membered cyclic amide) rings is 1. The Morgan fingerprint density at radius 2 is 1.72 bits per heavy atom. The molecule has 1 fully saturated rings. The van der Waals surface area contributed by atoms with Crippen LogP contribution in [-0.4, -0.2) is 51.1 Å². The molecule has 1 N–H and O–H groups in total. The van der Waals surface area contributed by atoms with Crippen molar-refractivity contribution in [1.82, 2.24) is 15.2 Å². The number of nitrogens with zero attached hydrogens (tertiary/aromatic N) is 2. The predicted octanol–water partition coefficient (Wildman–Crippen LogP) is 3.79. The summed E-state index contributed by atoms with van der Waals surface area (Å²) in [4.78, 5) is 44.3. The van der Waals surface area contributed by atoms with Crippen LogP contribution in [0.3, 0.4) is 0 Å². The molecule has 1 aromatic heterocycles. The van der Waals surface area contributed by atoms with E-state index in [1.54, 1.807) is 24.2 Å². The summed E-state index contributed by atoms with van der Waals surface area (Å²) >= 11 is 3.10. The molecule has 182 valence electrons. The summed E-state index contributed by atoms with van der Waals surface area (Å²) in [6.45, 7) is 0. The Morgan fingerprint density at radius 1 is 1.08 bits per heavy atom. The number of carbonyl (C=O) groups excluding carboxylic acids is 3. The van der Waals surface area contributed by atoms with Crippen LogP contribution in [0.1, 0.15) is 17.2 Å². The molecule has 3 heterocycles. The third-order valence-electron chi connectivity index (χ3n) is 5.98. The first-order valence-corrected chi connectivity index (χ1v) is 13.4. The Bertz CT molecular complexity index is 1230. The molecule has 7 nitrogen and oxygen atoms in total. The Balaban J connectivity index is 1.47. The lowest BCUT2D eigenvalue weighted by Gasteiger charge is -2.49. The number of carbonyl (C=O) groups is 3. The van der Waals surface area contributed by atoms with Gasteiger partial charge < -0.3 is 10.1 Å². The first kappa shape index (κ1) is 24.1. The second kappa shape index (κ2) is 11.0. The van der Waals surface area contributed by atoms with Gasteiger partial charge in [0.25, 0.3) is 5.91 Å². The van der Waals surface area contributed by atoms with Crippen molar-refractivity contribution in [2.75, 3.05) is 11.5 Å². The molecule has 1 saturated heterocycles. The molecule has 2 aliphatic heterocycles. The number of esters is 1. The van der Waals surface area contributed by atoms with Gasteiger partial charge in [0.15, 0.2) is 6.10 Å². The first-order chi connectivity index (χ1) is 17.7. The van der Waals surface area contributed by atoms with Gasteiger partial charge in [-0.25, -0.2) is 4.79 Å². The van der Waals surface area contributed by atoms with E-state index in [1.807, 2.05) is 72.8 Å². The van der Waals surface area contributed by atoms with Gasteiger partial charge in [0.05, 0.1) is 0 Å². The van der Waals surface area contributed by atoms with E-state index in [0.29, 0.717) is 17.9 Å². The van der Waals surface area contributed by atoms with Gasteiger partial charge in [-0.3, -0.25) is 19.5 Å². The van der Waals surface area contributed by atoms with Crippen LogP contribution in [0.15, 0.2) is 101 Å². The Kier molecular flexibility index (Phi) is 7.39. The van der Waals surface area contributed by atoms with Crippen LogP contribution in [0, 0.1) is 0 Å². The molecule has 2 aliphatic rings. The Labute approximate surface area is 217 Å². The highest BCUT2D eigenvalue weighted by Gasteiger charge is 2.54. The van der Waals surface area contributed by atoms with E-state index in [2.05, 4.69) is 10.3 Å². The van der Waals surface area contributed by atoms with Crippen LogP contribution >= 0.6 is 23.5 Å². The van der Waals surface area contributed by atoms with Crippen molar-refractivity contribution >= 4 is 41.8 Å². The highest BCUT2D eigenvalue weighted by atomic mass is 32.2. The molecular formula is C27H23N3O4S2. The van der Waals surface area contributed by atoms with E-state index < -0.39 is 18.1 Å². The van der Waals surface area contributed by atoms with Gasteiger partial charge in [0, 0.05) is 28.8 Å². The van der Waals surface area contributed by atoms with Crippen LogP contribution in [0.25, 0.3) is 0 Å². The largest absolute Gasteiger partial charge is 0.448 e. The summed E-state index contributed by atoms with van der Waals surface area (Å²) in [5, 5.41) is 2.24. The molecule has 0 spiro atoms. The lowest BCUT2D eigenvalue weighted by molar-refractivity contribution is -0.154. The highest BCUT2D eigenvalue weighted by Crippen LogP contribution is 2.42. The van der Waals surface area contributed by atoms with Crippen LogP contribution in [0.5, 0.6) is 0 Å². The van der Waals surface area contributed by atoms with Gasteiger partial charge >= 0.3 is 5.97 Å². The van der Waals surface area contributed by atoms with Gasteiger partial charge in [0.1, 0.15) is 17.1 Å². The normalized spacial score (nSPS) is 18.9. The maximum atomic E-state index is 13.8. The fourth-order valence-corrected chi connectivity index (χ4v) is 6.61. The minimum Gasteiger partial charge on any atom is -0.448 e. The van der Waals surface area contributed by atoms with Crippen LogP contribution in [0.4, 0.5) is 0 Å². The van der Waals surface area contributed by atoms with Crippen molar-refractivity contribution in [3.8, 4) is 0 Å². The fourth-order valence-electron chi connectivity index (χ4n) is 4.23. The van der Waals surface area contributed by atoms with Gasteiger partial charge in [-0.05, 0) is 28.8 Å². The van der Waals surface area contributed by atoms with E-state index in [0.717, 1.165) is 21.6 Å². The molecule has 0 saturated carbocycles. The van der Waals surface area contributed by atoms with Crippen molar-refractivity contribution < 1.29 is 19.1 Å². The van der Waals surface area contributed by atoms with Crippen LogP contribution in [0.2, 0.25) is 0 Å². The molecule has 5 rings (SSSR count). The molecule has 36 heavy (non-hydrogen) atoms. The maximum absolute atomic E-state index is 13.8. The molecule has 0 bridgehead atoms. The summed E-state index contributed by atoms with van der Waals surface area (Å²) in [5.41, 5.74) is 2.76. The zero-order valence-corrected chi connectivity index (χ0v) is 20.8. The molecule has 3 aromatic rings. The quantitative estimate of drug-likeness (QED) is 0.200. The zero-order chi connectivity index (χ0) is 24.9. The van der Waals surface area contributed by atoms with E-state index in [1.165, 1.54) is 16.7 Å². The molecule has 0 unspecified atom stereocenters. The number of rotatable bonds is 9. The molecule has 2 aromatic carbocycles. The van der Waals surface area contributed by atoms with Gasteiger partial charge in [0.2, 0.25) is 6.41 Å². The SMILES string of the molecule is O=CN[C@@H]1C(=O)N2C(C(=O)OC(c3ccccc3)c3ccccc3)=C(CSc3ccncc3)CS[C@H]12. The monoisotopic (exact) mass is 517 g/mol. The average molecular weight is 518 g/mol. The second-order valence-corrected chi connectivity index (χ2v) is 10.4. The lowest BCUT2D eigenvalue weighted by atomic mass is 10.0. The number of hydrogen-bond donors (Lipinski definition) is 1. The summed E-state index contributed by atoms with van der Waals surface area (Å²) < 4.78 is 6.13. The number of benzene rings is 2. The molecular weight excluding hydrogens is 494 g/mol. The number of ether oxygens (including phenoxy) is 1. The van der Waals surface area contributed by atoms with E-state index in [9.17, 15) is 14.4 Å². The molecule has 2 amide bonds. The lowest BCUT2D eigenvalue weighted by Crippen LogP contribution is -2.69. The van der Waals surface area contributed by atoms with Crippen molar-refractivity contribution in [3.63, 3.8) is 0 Å². The average Bonchev–Trinajstić information content (AvgIpc) is 2.94. The number of aromatic nitrogens is 1. The number of pyridine rings is 1. The fraction of sp³-hybridized carbons (Fsp3) is 0.185. The molecule has 9 heteroatoms. The van der Waals surface area contributed by atoms with Crippen molar-refractivity contribution in [1.29, 1.82) is 0 Å². The molecule has 0 radical (unpaired) electrons. The minimum absolute atomic E-state index is 0.270. The van der Waals surface area contributed by atoms with Crippen molar-refractivity contribution in [2.45, 2.75) is 22.4 Å². The number of thioether (sulfide) groups is 2. The number of fused-ring (bicyclic) bond motifs is 1. The van der Waals surface area contributed by atoms with Crippen LogP contribution < -0.4 is 5.32 Å². The van der Waals surface area contributed by atoms with Gasteiger partial charge in [-0.15, -0.1) is 23.5 Å². The number of hydrogen-bond acceptors (Lipinski definition) is 7. The first-order valence-electron chi connectivity index (χ1n) is 11.4. The summed E-state index contributed by atoms with van der Waals surface area (Å²) in [6, 6.07) is 22.2. The Morgan fingerprint density at radius 3 is 2.33 bits per heavy atom. The van der Waals surface area contributed by atoms with E-state index in [4.69, 9.17) is 4.74 Å². The summed E-state index contributed by atoms with van der Waals surface area (Å²) in [7, 11) is 0. The highest BCUT2D eigenvalue weighted by molar-refractivity contribution is 8.01. The van der Waals surface area contributed by atoms with Crippen molar-refractivity contribution in [2.24, 2.45) is 0 Å². The molecule has 2 atom stereocenters. The van der Waals surface area contributed by atoms with Gasteiger partial charge in [-0.1, -0.05) is 60.7 Å². The zero-order valence-electron chi connectivity index (χ0n) is 19.2.